The summed E-state index contributed by atoms with van der Waals surface area (Å²) in [4.78, 5) is 27.0. The third-order valence-corrected chi connectivity index (χ3v) is 8.33. The molecule has 174 valence electrons. The molecule has 0 spiro atoms. The first-order valence-electron chi connectivity index (χ1n) is 11.9. The van der Waals surface area contributed by atoms with Crippen molar-refractivity contribution in [3.05, 3.63) is 35.9 Å². The first kappa shape index (κ1) is 23.2. The zero-order valence-electron chi connectivity index (χ0n) is 19.7. The molecule has 1 saturated heterocycles. The molecule has 3 aliphatic rings. The zero-order chi connectivity index (χ0) is 22.9. The first-order valence-corrected chi connectivity index (χ1v) is 13.1. The fourth-order valence-corrected chi connectivity index (χ4v) is 6.84. The van der Waals surface area contributed by atoms with Gasteiger partial charge in [0.1, 0.15) is 6.10 Å². The highest BCUT2D eigenvalue weighted by atomic mass is 32.2. The van der Waals surface area contributed by atoms with Crippen molar-refractivity contribution in [2.45, 2.75) is 65.0 Å². The van der Waals surface area contributed by atoms with Gasteiger partial charge in [-0.3, -0.25) is 9.69 Å². The molecule has 0 bridgehead atoms. The van der Waals surface area contributed by atoms with E-state index in [1.807, 2.05) is 23.9 Å². The monoisotopic (exact) mass is 456 g/mol. The number of carbonyl (C=O) groups excluding carboxylic acids is 2. The van der Waals surface area contributed by atoms with Crippen LogP contribution in [0.1, 0.15) is 58.9 Å². The Morgan fingerprint density at radius 3 is 2.62 bits per heavy atom. The van der Waals surface area contributed by atoms with Crippen molar-refractivity contribution in [3.63, 3.8) is 0 Å². The molecule has 2 aliphatic heterocycles. The second-order valence-electron chi connectivity index (χ2n) is 10.0. The number of nitrogens with zero attached hydrogens (tertiary/aromatic N) is 1. The maximum absolute atomic E-state index is 13.0. The highest BCUT2D eigenvalue weighted by molar-refractivity contribution is 7.99. The minimum atomic E-state index is -0.521. The molecule has 1 N–H and O–H groups in total. The molecule has 5 nitrogen and oxygen atoms in total. The van der Waals surface area contributed by atoms with Crippen molar-refractivity contribution >= 4 is 35.0 Å². The van der Waals surface area contributed by atoms with E-state index >= 15 is 0 Å². The first-order chi connectivity index (χ1) is 15.3. The lowest BCUT2D eigenvalue weighted by atomic mass is 9.62. The summed E-state index contributed by atoms with van der Waals surface area (Å²) in [6, 6.07) is 8.27. The molecular weight excluding hydrogens is 420 g/mol. The quantitative estimate of drug-likeness (QED) is 0.636. The molecule has 1 aromatic rings. The summed E-state index contributed by atoms with van der Waals surface area (Å²) in [6.45, 7) is 8.70. The molecule has 0 aromatic heterocycles. The molecule has 2 amide bonds. The van der Waals surface area contributed by atoms with E-state index in [4.69, 9.17) is 4.74 Å². The van der Waals surface area contributed by atoms with Crippen molar-refractivity contribution in [1.29, 1.82) is 0 Å². The fraction of sp³-hybridized carbons (Fsp3) is 0.615. The van der Waals surface area contributed by atoms with Crippen molar-refractivity contribution in [3.8, 4) is 0 Å². The number of amides is 2. The molecule has 1 saturated carbocycles. The van der Waals surface area contributed by atoms with Crippen LogP contribution in [0.5, 0.6) is 0 Å². The van der Waals surface area contributed by atoms with Gasteiger partial charge in [-0.15, -0.1) is 0 Å². The minimum absolute atomic E-state index is 0.0532. The predicted molar refractivity (Wildman–Crippen MR) is 132 cm³/mol. The van der Waals surface area contributed by atoms with Crippen LogP contribution in [0.15, 0.2) is 30.3 Å². The Morgan fingerprint density at radius 2 is 2.00 bits per heavy atom. The number of benzene rings is 1. The van der Waals surface area contributed by atoms with Crippen LogP contribution in [0.4, 0.5) is 10.5 Å². The fourth-order valence-electron chi connectivity index (χ4n) is 5.99. The number of rotatable bonds is 5. The second kappa shape index (κ2) is 9.50. The number of allylic oxidation sites excluding steroid dienone is 1. The number of thioether (sulfide) groups is 1. The molecule has 4 rings (SSSR count). The van der Waals surface area contributed by atoms with Crippen LogP contribution >= 0.6 is 11.8 Å². The van der Waals surface area contributed by atoms with Gasteiger partial charge in [0, 0.05) is 18.4 Å². The van der Waals surface area contributed by atoms with Gasteiger partial charge in [-0.1, -0.05) is 45.4 Å². The minimum Gasteiger partial charge on any atom is -0.441 e. The standard InChI is InChI=1S/C26H36N2O3S/c1-17(2)23-10-5-18(3)15-26(23,27-19(4)29)24-16-28(25(30)31-24)22-8-6-20(7-9-22)21-11-13-32-14-12-21/h6-9,11,17-18,23-24H,5,10,12-16H2,1-4H3,(H,27,29)/t18?,23?,24-,26?/m0/s1. The normalized spacial score (nSPS) is 30.8. The maximum Gasteiger partial charge on any atom is 0.414 e. The predicted octanol–water partition coefficient (Wildman–Crippen LogP) is 5.50. The molecule has 1 aliphatic carbocycles. The van der Waals surface area contributed by atoms with E-state index in [9.17, 15) is 9.59 Å². The molecule has 32 heavy (non-hydrogen) atoms. The van der Waals surface area contributed by atoms with Gasteiger partial charge in [-0.2, -0.15) is 11.8 Å². The van der Waals surface area contributed by atoms with E-state index < -0.39 is 5.54 Å². The van der Waals surface area contributed by atoms with Crippen LogP contribution in [-0.4, -0.2) is 41.7 Å². The average Bonchev–Trinajstić information content (AvgIpc) is 3.16. The molecule has 1 aromatic carbocycles. The Bertz CT molecular complexity index is 882. The molecule has 4 atom stereocenters. The Kier molecular flexibility index (Phi) is 6.89. The summed E-state index contributed by atoms with van der Waals surface area (Å²) in [5.41, 5.74) is 2.95. The summed E-state index contributed by atoms with van der Waals surface area (Å²) in [5, 5.41) is 3.29. The average molecular weight is 457 g/mol. The zero-order valence-corrected chi connectivity index (χ0v) is 20.5. The van der Waals surface area contributed by atoms with E-state index in [0.29, 0.717) is 18.4 Å². The third-order valence-electron chi connectivity index (χ3n) is 7.43. The van der Waals surface area contributed by atoms with E-state index in [-0.39, 0.29) is 24.0 Å². The molecule has 2 heterocycles. The Morgan fingerprint density at radius 1 is 1.25 bits per heavy atom. The van der Waals surface area contributed by atoms with Crippen LogP contribution in [0.25, 0.3) is 5.57 Å². The summed E-state index contributed by atoms with van der Waals surface area (Å²) in [5.74, 6) is 3.32. The van der Waals surface area contributed by atoms with Crippen molar-refractivity contribution < 1.29 is 14.3 Å². The van der Waals surface area contributed by atoms with Gasteiger partial charge in [-0.25, -0.2) is 4.79 Å². The van der Waals surface area contributed by atoms with Crippen molar-refractivity contribution in [2.24, 2.45) is 17.8 Å². The highest BCUT2D eigenvalue weighted by Gasteiger charge is 2.55. The van der Waals surface area contributed by atoms with Crippen molar-refractivity contribution in [1.82, 2.24) is 5.32 Å². The van der Waals surface area contributed by atoms with Crippen molar-refractivity contribution in [2.75, 3.05) is 23.0 Å². The molecule has 3 unspecified atom stereocenters. The number of cyclic esters (lactones) is 1. The number of carbonyl (C=O) groups is 2. The van der Waals surface area contributed by atoms with Gasteiger partial charge in [0.2, 0.25) is 5.91 Å². The van der Waals surface area contributed by atoms with Gasteiger partial charge in [0.05, 0.1) is 12.1 Å². The number of hydrogen-bond acceptors (Lipinski definition) is 4. The molecule has 0 radical (unpaired) electrons. The number of nitrogens with one attached hydrogen (secondary N) is 1. The van der Waals surface area contributed by atoms with Gasteiger partial charge in [0.25, 0.3) is 0 Å². The SMILES string of the molecule is CC(=O)NC1([C@@H]2CN(c3ccc(C4=CCSCC4)cc3)C(=O)O2)CC(C)CCC1C(C)C. The van der Waals surface area contributed by atoms with Crippen LogP contribution in [0.2, 0.25) is 0 Å². The van der Waals surface area contributed by atoms with E-state index in [0.717, 1.165) is 42.9 Å². The van der Waals surface area contributed by atoms with Gasteiger partial charge in [-0.05, 0) is 66.0 Å². The lowest BCUT2D eigenvalue weighted by Crippen LogP contribution is -2.65. The Balaban J connectivity index is 1.59. The lowest BCUT2D eigenvalue weighted by Gasteiger charge is -2.50. The van der Waals surface area contributed by atoms with Gasteiger partial charge >= 0.3 is 6.09 Å². The summed E-state index contributed by atoms with van der Waals surface area (Å²) in [7, 11) is 0. The lowest BCUT2D eigenvalue weighted by molar-refractivity contribution is -0.126. The van der Waals surface area contributed by atoms with Crippen LogP contribution in [0, 0.1) is 17.8 Å². The van der Waals surface area contributed by atoms with E-state index in [1.54, 1.807) is 11.8 Å². The van der Waals surface area contributed by atoms with Crippen LogP contribution < -0.4 is 10.2 Å². The molecular formula is C26H36N2O3S. The van der Waals surface area contributed by atoms with Crippen LogP contribution in [0.3, 0.4) is 0 Å². The number of anilines is 1. The molecule has 6 heteroatoms. The van der Waals surface area contributed by atoms with Crippen LogP contribution in [-0.2, 0) is 9.53 Å². The highest BCUT2D eigenvalue weighted by Crippen LogP contribution is 2.45. The molecule has 2 fully saturated rings. The smallest absolute Gasteiger partial charge is 0.414 e. The largest absolute Gasteiger partial charge is 0.441 e. The number of ether oxygens (including phenoxy) is 1. The van der Waals surface area contributed by atoms with E-state index in [2.05, 4.69) is 44.3 Å². The Hall–Kier alpha value is -1.95. The second-order valence-corrected chi connectivity index (χ2v) is 11.2. The van der Waals surface area contributed by atoms with E-state index in [1.165, 1.54) is 11.1 Å². The summed E-state index contributed by atoms with van der Waals surface area (Å²) >= 11 is 1.96. The summed E-state index contributed by atoms with van der Waals surface area (Å²) in [6.07, 6.45) is 5.74. The maximum atomic E-state index is 13.0. The van der Waals surface area contributed by atoms with Gasteiger partial charge in [0.15, 0.2) is 0 Å². The number of hydrogen-bond donors (Lipinski definition) is 1. The summed E-state index contributed by atoms with van der Waals surface area (Å²) < 4.78 is 6.01. The third kappa shape index (κ3) is 4.57. The topological polar surface area (TPSA) is 58.6 Å². The Labute approximate surface area is 196 Å². The van der Waals surface area contributed by atoms with Gasteiger partial charge < -0.3 is 10.1 Å².